The van der Waals surface area contributed by atoms with Gasteiger partial charge in [-0.2, -0.15) is 0 Å². The molecule has 1 unspecified atom stereocenters. The number of aryl methyl sites for hydroxylation is 1. The molecule has 0 radical (unpaired) electrons. The normalized spacial score (nSPS) is 24.6. The van der Waals surface area contributed by atoms with E-state index in [-0.39, 0.29) is 36.6 Å². The molecule has 3 heterocycles. The fourth-order valence-electron chi connectivity index (χ4n) is 3.92. The number of amides is 1. The zero-order valence-corrected chi connectivity index (χ0v) is 14.3. The molecule has 4 rings (SSSR count). The Bertz CT molecular complexity index is 540. The molecule has 2 aliphatic heterocycles. The zero-order chi connectivity index (χ0) is 13.6. The lowest BCUT2D eigenvalue weighted by atomic mass is 9.92. The smallest absolute Gasteiger partial charge is 0.229 e. The van der Waals surface area contributed by atoms with Crippen LogP contribution in [0.5, 0.6) is 0 Å². The van der Waals surface area contributed by atoms with Crippen molar-refractivity contribution < 1.29 is 4.79 Å². The van der Waals surface area contributed by atoms with Crippen LogP contribution in [-0.2, 0) is 17.8 Å². The maximum atomic E-state index is 12.5. The van der Waals surface area contributed by atoms with Crippen LogP contribution in [0.4, 0.5) is 5.82 Å². The van der Waals surface area contributed by atoms with Gasteiger partial charge in [-0.1, -0.05) is 0 Å². The van der Waals surface area contributed by atoms with E-state index < -0.39 is 0 Å². The molecular formula is C15H24Cl2N4O. The average molecular weight is 347 g/mol. The zero-order valence-electron chi connectivity index (χ0n) is 12.6. The number of fused-ring (bicyclic) bond motifs is 1. The van der Waals surface area contributed by atoms with Gasteiger partial charge in [0.2, 0.25) is 5.91 Å². The van der Waals surface area contributed by atoms with Crippen LogP contribution in [0.25, 0.3) is 0 Å². The number of aromatic nitrogens is 2. The van der Waals surface area contributed by atoms with E-state index in [0.717, 1.165) is 57.0 Å². The van der Waals surface area contributed by atoms with Crippen LogP contribution in [0, 0.1) is 11.3 Å². The van der Waals surface area contributed by atoms with Crippen LogP contribution in [0.1, 0.15) is 37.9 Å². The second-order valence-electron chi connectivity index (χ2n) is 6.53. The minimum Gasteiger partial charge on any atom is -0.317 e. The first kappa shape index (κ1) is 17.6. The largest absolute Gasteiger partial charge is 0.317 e. The molecule has 1 aromatic rings. The summed E-state index contributed by atoms with van der Waals surface area (Å²) in [5, 5.41) is 6.51. The standard InChI is InChI=1S/C15H22N4O.2ClH/c20-14(11-9-15(11)4-6-16-7-5-15)18-13-10-17-12-3-1-2-8-19(12)13;;/h10-11,16H,1-9H2,(H,18,20);2*1H. The molecule has 0 bridgehead atoms. The van der Waals surface area contributed by atoms with Gasteiger partial charge in [-0.15, -0.1) is 24.8 Å². The van der Waals surface area contributed by atoms with Crippen molar-refractivity contribution in [3.8, 4) is 0 Å². The summed E-state index contributed by atoms with van der Waals surface area (Å²) < 4.78 is 2.18. The predicted molar refractivity (Wildman–Crippen MR) is 90.9 cm³/mol. The summed E-state index contributed by atoms with van der Waals surface area (Å²) in [6.45, 7) is 3.11. The minimum absolute atomic E-state index is 0. The first-order valence-corrected chi connectivity index (χ1v) is 7.84. The molecule has 1 atom stereocenters. The highest BCUT2D eigenvalue weighted by atomic mass is 35.5. The SMILES string of the molecule is Cl.Cl.O=C(Nc1cnc2n1CCCC2)C1CC12CCNCC2. The first-order valence-electron chi connectivity index (χ1n) is 7.84. The number of carbonyl (C=O) groups is 1. The Morgan fingerprint density at radius 2 is 2.09 bits per heavy atom. The summed E-state index contributed by atoms with van der Waals surface area (Å²) in [7, 11) is 0. The van der Waals surface area contributed by atoms with E-state index >= 15 is 0 Å². The Morgan fingerprint density at radius 3 is 2.86 bits per heavy atom. The van der Waals surface area contributed by atoms with E-state index in [1.807, 2.05) is 6.20 Å². The van der Waals surface area contributed by atoms with Crippen molar-refractivity contribution in [2.75, 3.05) is 18.4 Å². The molecule has 124 valence electrons. The molecular weight excluding hydrogens is 323 g/mol. The van der Waals surface area contributed by atoms with Crippen molar-refractivity contribution in [2.24, 2.45) is 11.3 Å². The number of nitrogens with one attached hydrogen (secondary N) is 2. The minimum atomic E-state index is 0. The maximum absolute atomic E-state index is 12.5. The molecule has 2 N–H and O–H groups in total. The highest BCUT2D eigenvalue weighted by Gasteiger charge is 2.57. The molecule has 1 aromatic heterocycles. The van der Waals surface area contributed by atoms with Gasteiger partial charge in [0.15, 0.2) is 0 Å². The molecule has 1 spiro atoms. The monoisotopic (exact) mass is 346 g/mol. The molecule has 22 heavy (non-hydrogen) atoms. The van der Waals surface area contributed by atoms with Crippen LogP contribution >= 0.6 is 24.8 Å². The lowest BCUT2D eigenvalue weighted by molar-refractivity contribution is -0.118. The third kappa shape index (κ3) is 2.99. The Balaban J connectivity index is 0.000000882. The van der Waals surface area contributed by atoms with Crippen molar-refractivity contribution in [1.29, 1.82) is 0 Å². The van der Waals surface area contributed by atoms with Crippen molar-refractivity contribution in [2.45, 2.75) is 45.1 Å². The van der Waals surface area contributed by atoms with E-state index in [4.69, 9.17) is 0 Å². The van der Waals surface area contributed by atoms with E-state index in [2.05, 4.69) is 20.2 Å². The predicted octanol–water partition coefficient (Wildman–Crippen LogP) is 2.39. The second-order valence-corrected chi connectivity index (χ2v) is 6.53. The van der Waals surface area contributed by atoms with Crippen LogP contribution in [0.3, 0.4) is 0 Å². The van der Waals surface area contributed by atoms with Gasteiger partial charge in [-0.25, -0.2) is 4.98 Å². The van der Waals surface area contributed by atoms with Crippen molar-refractivity contribution in [3.63, 3.8) is 0 Å². The van der Waals surface area contributed by atoms with Crippen molar-refractivity contribution in [3.05, 3.63) is 12.0 Å². The van der Waals surface area contributed by atoms with E-state index in [1.165, 1.54) is 12.8 Å². The molecule has 0 aromatic carbocycles. The quantitative estimate of drug-likeness (QED) is 0.864. The van der Waals surface area contributed by atoms with Crippen molar-refractivity contribution >= 4 is 36.5 Å². The molecule has 5 nitrogen and oxygen atoms in total. The van der Waals surface area contributed by atoms with Gasteiger partial charge < -0.3 is 15.2 Å². The summed E-state index contributed by atoms with van der Waals surface area (Å²) in [4.78, 5) is 16.9. The Kier molecular flexibility index (Phi) is 5.41. The summed E-state index contributed by atoms with van der Waals surface area (Å²) in [6.07, 6.45) is 8.63. The van der Waals surface area contributed by atoms with Gasteiger partial charge in [0, 0.05) is 18.9 Å². The second kappa shape index (κ2) is 6.77. The number of hydrogen-bond donors (Lipinski definition) is 2. The number of rotatable bonds is 2. The average Bonchev–Trinajstić information content (AvgIpc) is 3.02. The van der Waals surface area contributed by atoms with Crippen LogP contribution < -0.4 is 10.6 Å². The van der Waals surface area contributed by atoms with E-state index in [0.29, 0.717) is 5.41 Å². The summed E-state index contributed by atoms with van der Waals surface area (Å²) >= 11 is 0. The maximum Gasteiger partial charge on any atom is 0.229 e. The van der Waals surface area contributed by atoms with Crippen LogP contribution in [-0.4, -0.2) is 28.5 Å². The number of piperidine rings is 1. The van der Waals surface area contributed by atoms with Crippen LogP contribution in [0.15, 0.2) is 6.20 Å². The van der Waals surface area contributed by atoms with Crippen LogP contribution in [0.2, 0.25) is 0 Å². The molecule has 1 amide bonds. The number of hydrogen-bond acceptors (Lipinski definition) is 3. The summed E-state index contributed by atoms with van der Waals surface area (Å²) in [5.74, 6) is 2.46. The molecule has 1 saturated carbocycles. The molecule has 2 fully saturated rings. The highest BCUT2D eigenvalue weighted by molar-refractivity contribution is 5.94. The number of nitrogens with zero attached hydrogens (tertiary/aromatic N) is 2. The number of anilines is 1. The van der Waals surface area contributed by atoms with Gasteiger partial charge in [0.25, 0.3) is 0 Å². The Morgan fingerprint density at radius 1 is 1.32 bits per heavy atom. The molecule has 1 aliphatic carbocycles. The van der Waals surface area contributed by atoms with E-state index in [9.17, 15) is 4.79 Å². The van der Waals surface area contributed by atoms with Gasteiger partial charge in [0.05, 0.1) is 6.20 Å². The Labute approximate surface area is 143 Å². The van der Waals surface area contributed by atoms with Gasteiger partial charge in [-0.3, -0.25) is 4.79 Å². The number of carbonyl (C=O) groups excluding carboxylic acids is 1. The molecule has 7 heteroatoms. The van der Waals surface area contributed by atoms with Crippen molar-refractivity contribution in [1.82, 2.24) is 14.9 Å². The summed E-state index contributed by atoms with van der Waals surface area (Å²) in [5.41, 5.74) is 0.306. The van der Waals surface area contributed by atoms with E-state index in [1.54, 1.807) is 0 Å². The number of imidazole rings is 1. The third-order valence-electron chi connectivity index (χ3n) is 5.33. The fraction of sp³-hybridized carbons (Fsp3) is 0.733. The lowest BCUT2D eigenvalue weighted by Gasteiger charge is -2.23. The number of halogens is 2. The lowest BCUT2D eigenvalue weighted by Crippen LogP contribution is -2.32. The van der Waals surface area contributed by atoms with Gasteiger partial charge in [0.1, 0.15) is 11.6 Å². The third-order valence-corrected chi connectivity index (χ3v) is 5.33. The fourth-order valence-corrected chi connectivity index (χ4v) is 3.92. The molecule has 3 aliphatic rings. The summed E-state index contributed by atoms with van der Waals surface area (Å²) in [6, 6.07) is 0. The topological polar surface area (TPSA) is 59.0 Å². The molecule has 1 saturated heterocycles. The highest BCUT2D eigenvalue weighted by Crippen LogP contribution is 2.58. The Hall–Kier alpha value is -0.780. The van der Waals surface area contributed by atoms with Gasteiger partial charge >= 0.3 is 0 Å². The van der Waals surface area contributed by atoms with Gasteiger partial charge in [-0.05, 0) is 50.6 Å². The first-order chi connectivity index (χ1) is 9.78.